The average Bonchev–Trinajstić information content (AvgIpc) is 3.36. The van der Waals surface area contributed by atoms with Crippen LogP contribution in [0.2, 0.25) is 0 Å². The van der Waals surface area contributed by atoms with Gasteiger partial charge >= 0.3 is 0 Å². The molecule has 0 unspecified atom stereocenters. The van der Waals surface area contributed by atoms with Gasteiger partial charge in [-0.05, 0) is 105 Å². The highest BCUT2D eigenvalue weighted by atomic mass is 32.1. The van der Waals surface area contributed by atoms with Gasteiger partial charge in [0.25, 0.3) is 0 Å². The average molecular weight is 669 g/mol. The van der Waals surface area contributed by atoms with Gasteiger partial charge in [-0.3, -0.25) is 9.97 Å². The molecule has 2 aromatic carbocycles. The topological polar surface area (TPSA) is 50.7 Å². The molecule has 1 N–H and O–H groups in total. The van der Waals surface area contributed by atoms with Crippen LogP contribution in [-0.4, -0.2) is 15.0 Å². The van der Waals surface area contributed by atoms with Gasteiger partial charge in [-0.15, -0.1) is 11.3 Å². The fraction of sp³-hybridized carbons (Fsp3) is 0.386. The number of nitrogens with one attached hydrogen (secondary N) is 1. The lowest BCUT2D eigenvalue weighted by molar-refractivity contribution is 0.411. The maximum atomic E-state index is 5.26. The Morgan fingerprint density at radius 1 is 0.592 bits per heavy atom. The SMILES string of the molecule is CC(C)(C)Cc1ccc2c(c1)sc1c(-c3cc(C(C)(C)C)cc(Nc4cc(-c5cc(C(C)(C)C)ccn5)cc(C(C)(C)C)c4)n3)nccc12. The highest BCUT2D eigenvalue weighted by molar-refractivity contribution is 7.26. The highest BCUT2D eigenvalue weighted by Gasteiger charge is 2.22. The Labute approximate surface area is 297 Å². The number of benzene rings is 2. The first kappa shape index (κ1) is 34.8. The Kier molecular flexibility index (Phi) is 8.76. The molecule has 0 bridgehead atoms. The first-order valence-electron chi connectivity index (χ1n) is 17.5. The second-order valence-corrected chi connectivity index (χ2v) is 19.0. The van der Waals surface area contributed by atoms with Crippen molar-refractivity contribution in [2.45, 2.75) is 106 Å². The van der Waals surface area contributed by atoms with Crippen LogP contribution in [0.5, 0.6) is 0 Å². The summed E-state index contributed by atoms with van der Waals surface area (Å²) in [6, 6.07) is 24.6. The standard InChI is InChI=1S/C44H52N4S/c1-41(2,3)26-27-13-14-33-34-16-18-46-39(40(34)49-37(33)19-27)36-24-31(44(10,11)12)25-38(48-36)47-32-21-28(20-30(22-32)43(7,8)9)35-23-29(15-17-45-35)42(4,5)6/h13-25H,26H2,1-12H3,(H,47,48). The Balaban J connectivity index is 1.47. The molecule has 0 saturated carbocycles. The number of anilines is 2. The molecule has 6 rings (SSSR count). The van der Waals surface area contributed by atoms with Gasteiger partial charge in [0.15, 0.2) is 0 Å². The van der Waals surface area contributed by atoms with Crippen LogP contribution in [0.25, 0.3) is 42.8 Å². The van der Waals surface area contributed by atoms with Gasteiger partial charge in [-0.25, -0.2) is 4.98 Å². The van der Waals surface area contributed by atoms with Crippen LogP contribution in [0.15, 0.2) is 79.1 Å². The minimum Gasteiger partial charge on any atom is -0.340 e. The van der Waals surface area contributed by atoms with Crippen LogP contribution >= 0.6 is 11.3 Å². The minimum absolute atomic E-state index is 0.0359. The molecule has 0 aliphatic carbocycles. The van der Waals surface area contributed by atoms with Crippen molar-refractivity contribution in [1.82, 2.24) is 15.0 Å². The van der Waals surface area contributed by atoms with Crippen LogP contribution in [0, 0.1) is 5.41 Å². The van der Waals surface area contributed by atoms with Gasteiger partial charge in [0, 0.05) is 39.1 Å². The highest BCUT2D eigenvalue weighted by Crippen LogP contribution is 2.41. The van der Waals surface area contributed by atoms with Gasteiger partial charge in [-0.1, -0.05) is 95.2 Å². The monoisotopic (exact) mass is 668 g/mol. The molecule has 49 heavy (non-hydrogen) atoms. The van der Waals surface area contributed by atoms with Crippen molar-refractivity contribution in [2.24, 2.45) is 5.41 Å². The number of pyridine rings is 3. The Morgan fingerprint density at radius 3 is 1.92 bits per heavy atom. The molecule has 0 amide bonds. The van der Waals surface area contributed by atoms with Gasteiger partial charge in [0.2, 0.25) is 0 Å². The van der Waals surface area contributed by atoms with Gasteiger partial charge in [0.05, 0.1) is 16.1 Å². The summed E-state index contributed by atoms with van der Waals surface area (Å²) in [6.45, 7) is 27.2. The molecule has 4 aromatic heterocycles. The van der Waals surface area contributed by atoms with Crippen LogP contribution in [-0.2, 0) is 22.7 Å². The number of hydrogen-bond donors (Lipinski definition) is 1. The van der Waals surface area contributed by atoms with E-state index in [4.69, 9.17) is 15.0 Å². The molecule has 0 saturated heterocycles. The summed E-state index contributed by atoms with van der Waals surface area (Å²) in [5, 5.41) is 6.25. The number of rotatable bonds is 5. The normalized spacial score (nSPS) is 13.0. The molecule has 254 valence electrons. The first-order chi connectivity index (χ1) is 22.7. The van der Waals surface area contributed by atoms with Crippen LogP contribution in [0.4, 0.5) is 11.5 Å². The van der Waals surface area contributed by atoms with E-state index in [-0.39, 0.29) is 21.7 Å². The van der Waals surface area contributed by atoms with Gasteiger partial charge in [0.1, 0.15) is 11.5 Å². The lowest BCUT2D eigenvalue weighted by atomic mass is 9.84. The summed E-state index contributed by atoms with van der Waals surface area (Å²) in [4.78, 5) is 15.0. The van der Waals surface area contributed by atoms with Gasteiger partial charge < -0.3 is 5.32 Å². The van der Waals surface area contributed by atoms with Crippen LogP contribution < -0.4 is 5.32 Å². The number of fused-ring (bicyclic) bond motifs is 3. The van der Waals surface area contributed by atoms with Crippen molar-refractivity contribution in [3.8, 4) is 22.6 Å². The maximum absolute atomic E-state index is 5.26. The number of thiophene rings is 1. The van der Waals surface area contributed by atoms with Crippen LogP contribution in [0.3, 0.4) is 0 Å². The minimum atomic E-state index is -0.0836. The second-order valence-electron chi connectivity index (χ2n) is 17.9. The Morgan fingerprint density at radius 2 is 1.24 bits per heavy atom. The summed E-state index contributed by atoms with van der Waals surface area (Å²) < 4.78 is 2.48. The van der Waals surface area contributed by atoms with E-state index in [1.54, 1.807) is 0 Å². The summed E-state index contributed by atoms with van der Waals surface area (Å²) in [5.41, 5.74) is 10.1. The van der Waals surface area contributed by atoms with E-state index in [9.17, 15) is 0 Å². The van der Waals surface area contributed by atoms with E-state index in [0.717, 1.165) is 40.6 Å². The van der Waals surface area contributed by atoms with E-state index in [1.165, 1.54) is 42.4 Å². The molecular weight excluding hydrogens is 617 g/mol. The van der Waals surface area contributed by atoms with E-state index >= 15 is 0 Å². The lowest BCUT2D eigenvalue weighted by Crippen LogP contribution is -2.14. The van der Waals surface area contributed by atoms with E-state index in [2.05, 4.69) is 155 Å². The summed E-state index contributed by atoms with van der Waals surface area (Å²) in [5.74, 6) is 0.809. The molecule has 4 heterocycles. The van der Waals surface area contributed by atoms with Crippen molar-refractivity contribution in [1.29, 1.82) is 0 Å². The fourth-order valence-electron chi connectivity index (χ4n) is 6.28. The molecule has 0 aliphatic rings. The van der Waals surface area contributed by atoms with Crippen molar-refractivity contribution >= 4 is 43.0 Å². The van der Waals surface area contributed by atoms with Crippen molar-refractivity contribution < 1.29 is 0 Å². The molecule has 5 heteroatoms. The molecule has 0 aliphatic heterocycles. The number of aromatic nitrogens is 3. The third-order valence-electron chi connectivity index (χ3n) is 9.11. The smallest absolute Gasteiger partial charge is 0.131 e. The first-order valence-corrected chi connectivity index (χ1v) is 18.3. The summed E-state index contributed by atoms with van der Waals surface area (Å²) >= 11 is 1.82. The van der Waals surface area contributed by atoms with E-state index in [1.807, 2.05) is 23.7 Å². The summed E-state index contributed by atoms with van der Waals surface area (Å²) in [6.07, 6.45) is 4.91. The zero-order chi connectivity index (χ0) is 35.5. The van der Waals surface area contributed by atoms with Gasteiger partial charge in [-0.2, -0.15) is 0 Å². The summed E-state index contributed by atoms with van der Waals surface area (Å²) in [7, 11) is 0. The number of nitrogens with zero attached hydrogens (tertiary/aromatic N) is 3. The zero-order valence-electron chi connectivity index (χ0n) is 31.5. The van der Waals surface area contributed by atoms with E-state index in [0.29, 0.717) is 0 Å². The van der Waals surface area contributed by atoms with E-state index < -0.39 is 0 Å². The third-order valence-corrected chi connectivity index (χ3v) is 10.3. The molecule has 0 atom stereocenters. The van der Waals surface area contributed by atoms with Crippen LogP contribution in [0.1, 0.15) is 105 Å². The van der Waals surface area contributed by atoms with Crippen molar-refractivity contribution in [3.63, 3.8) is 0 Å². The van der Waals surface area contributed by atoms with Crippen molar-refractivity contribution in [2.75, 3.05) is 5.32 Å². The Hall–Kier alpha value is -4.09. The second kappa shape index (κ2) is 12.4. The molecule has 0 fully saturated rings. The quantitative estimate of drug-likeness (QED) is 0.199. The third kappa shape index (κ3) is 7.73. The molecule has 4 nitrogen and oxygen atoms in total. The molecule has 6 aromatic rings. The Bertz CT molecular complexity index is 2160. The zero-order valence-corrected chi connectivity index (χ0v) is 32.3. The predicted molar refractivity (Wildman–Crippen MR) is 213 cm³/mol. The molecule has 0 spiro atoms. The largest absolute Gasteiger partial charge is 0.340 e. The predicted octanol–water partition coefficient (Wildman–Crippen LogP) is 12.8. The molecule has 0 radical (unpaired) electrons. The molecular formula is C44H52N4S. The fourth-order valence-corrected chi connectivity index (χ4v) is 7.54. The maximum Gasteiger partial charge on any atom is 0.131 e. The van der Waals surface area contributed by atoms with Crippen molar-refractivity contribution in [3.05, 3.63) is 101 Å². The number of hydrogen-bond acceptors (Lipinski definition) is 5. The lowest BCUT2D eigenvalue weighted by Gasteiger charge is -2.24.